The number of rotatable bonds is 1. The number of aryl methyl sites for hydroxylation is 2. The fraction of sp³-hybridized carbons (Fsp3) is 0.125. The summed E-state index contributed by atoms with van der Waals surface area (Å²) >= 11 is 0. The summed E-state index contributed by atoms with van der Waals surface area (Å²) in [6, 6.07) is 9.25. The number of fused-ring (bicyclic) bond motifs is 1. The zero-order valence-electron chi connectivity index (χ0n) is 11.3. The number of benzene rings is 1. The Morgan fingerprint density at radius 1 is 1.20 bits per heavy atom. The van der Waals surface area contributed by atoms with Crippen LogP contribution in [0.2, 0.25) is 0 Å². The fourth-order valence-electron chi connectivity index (χ4n) is 2.34. The standard InChI is InChI=1S/C16H13N3O/c1-11-8-15-12(9-14(11)17-2)6-7-19(15)13-4-5-16(20)18(3)10-13/h4-10H,1,3H3. The van der Waals surface area contributed by atoms with Crippen molar-refractivity contribution in [2.45, 2.75) is 6.92 Å². The predicted octanol–water partition coefficient (Wildman–Crippen LogP) is 3.19. The van der Waals surface area contributed by atoms with Crippen molar-refractivity contribution in [2.75, 3.05) is 0 Å². The van der Waals surface area contributed by atoms with Crippen molar-refractivity contribution < 1.29 is 0 Å². The SMILES string of the molecule is [C-]#[N+]c1cc2ccn(-c3ccc(=O)n(C)c3)c2cc1C. The van der Waals surface area contributed by atoms with Gasteiger partial charge in [-0.2, -0.15) is 0 Å². The van der Waals surface area contributed by atoms with Crippen molar-refractivity contribution >= 4 is 16.6 Å². The lowest BCUT2D eigenvalue weighted by atomic mass is 10.1. The van der Waals surface area contributed by atoms with Crippen molar-refractivity contribution in [3.05, 3.63) is 70.1 Å². The Balaban J connectivity index is 2.27. The number of aromatic nitrogens is 2. The molecule has 0 bridgehead atoms. The number of hydrogen-bond acceptors (Lipinski definition) is 1. The van der Waals surface area contributed by atoms with Crippen LogP contribution in [0.25, 0.3) is 21.4 Å². The van der Waals surface area contributed by atoms with Gasteiger partial charge in [-0.1, -0.05) is 0 Å². The third-order valence-corrected chi connectivity index (χ3v) is 3.48. The van der Waals surface area contributed by atoms with Crippen molar-refractivity contribution in [3.63, 3.8) is 0 Å². The lowest BCUT2D eigenvalue weighted by Crippen LogP contribution is -2.15. The van der Waals surface area contributed by atoms with Crippen LogP contribution in [-0.2, 0) is 7.05 Å². The molecule has 0 saturated heterocycles. The minimum Gasteiger partial charge on any atom is -0.316 e. The third-order valence-electron chi connectivity index (χ3n) is 3.48. The number of hydrogen-bond donors (Lipinski definition) is 0. The third kappa shape index (κ3) is 1.81. The van der Waals surface area contributed by atoms with Crippen LogP contribution in [-0.4, -0.2) is 9.13 Å². The van der Waals surface area contributed by atoms with Gasteiger partial charge in [-0.15, -0.1) is 0 Å². The molecule has 0 N–H and O–H groups in total. The second-order valence-electron chi connectivity index (χ2n) is 4.83. The summed E-state index contributed by atoms with van der Waals surface area (Å²) in [6.45, 7) is 9.10. The van der Waals surface area contributed by atoms with E-state index >= 15 is 0 Å². The van der Waals surface area contributed by atoms with Gasteiger partial charge >= 0.3 is 0 Å². The Morgan fingerprint density at radius 2 is 2.00 bits per heavy atom. The van der Waals surface area contributed by atoms with Crippen molar-refractivity contribution in [3.8, 4) is 5.69 Å². The molecule has 20 heavy (non-hydrogen) atoms. The lowest BCUT2D eigenvalue weighted by molar-refractivity contribution is 0.847. The summed E-state index contributed by atoms with van der Waals surface area (Å²) in [5.74, 6) is 0. The molecule has 0 fully saturated rings. The van der Waals surface area contributed by atoms with Crippen LogP contribution >= 0.6 is 0 Å². The average Bonchev–Trinajstić information content (AvgIpc) is 2.83. The molecule has 98 valence electrons. The first kappa shape index (κ1) is 12.2. The first-order valence-electron chi connectivity index (χ1n) is 6.26. The maximum absolute atomic E-state index is 11.5. The molecular weight excluding hydrogens is 250 g/mol. The van der Waals surface area contributed by atoms with Gasteiger partial charge in [0.2, 0.25) is 5.56 Å². The van der Waals surface area contributed by atoms with E-state index < -0.39 is 0 Å². The first-order valence-corrected chi connectivity index (χ1v) is 6.26. The minimum absolute atomic E-state index is 0.0308. The average molecular weight is 263 g/mol. The summed E-state index contributed by atoms with van der Waals surface area (Å²) in [5.41, 5.74) is 3.57. The second kappa shape index (κ2) is 4.39. The summed E-state index contributed by atoms with van der Waals surface area (Å²) in [7, 11) is 1.74. The molecule has 4 heteroatoms. The molecular formula is C16H13N3O. The molecule has 0 aliphatic rings. The van der Waals surface area contributed by atoms with Crippen LogP contribution in [0.5, 0.6) is 0 Å². The van der Waals surface area contributed by atoms with E-state index in [1.165, 1.54) is 0 Å². The predicted molar refractivity (Wildman–Crippen MR) is 79.5 cm³/mol. The highest BCUT2D eigenvalue weighted by atomic mass is 16.1. The maximum atomic E-state index is 11.5. The zero-order chi connectivity index (χ0) is 14.3. The molecule has 0 aliphatic heterocycles. The molecule has 0 aliphatic carbocycles. The van der Waals surface area contributed by atoms with Crippen LogP contribution < -0.4 is 5.56 Å². The Morgan fingerprint density at radius 3 is 2.70 bits per heavy atom. The molecule has 3 aromatic rings. The van der Waals surface area contributed by atoms with Crippen LogP contribution in [0.1, 0.15) is 5.56 Å². The highest BCUT2D eigenvalue weighted by molar-refractivity contribution is 5.87. The number of pyridine rings is 1. The van der Waals surface area contributed by atoms with Crippen molar-refractivity contribution in [1.29, 1.82) is 0 Å². The van der Waals surface area contributed by atoms with Gasteiger partial charge in [-0.05, 0) is 42.1 Å². The van der Waals surface area contributed by atoms with E-state index in [9.17, 15) is 4.79 Å². The topological polar surface area (TPSA) is 31.3 Å². The summed E-state index contributed by atoms with van der Waals surface area (Å²) in [4.78, 5) is 15.0. The van der Waals surface area contributed by atoms with Crippen LogP contribution in [0.3, 0.4) is 0 Å². The van der Waals surface area contributed by atoms with Crippen molar-refractivity contribution in [1.82, 2.24) is 9.13 Å². The largest absolute Gasteiger partial charge is 0.316 e. The van der Waals surface area contributed by atoms with Gasteiger partial charge in [-0.25, -0.2) is 4.85 Å². The van der Waals surface area contributed by atoms with E-state index in [0.29, 0.717) is 5.69 Å². The summed E-state index contributed by atoms with van der Waals surface area (Å²) in [5, 5.41) is 1.02. The van der Waals surface area contributed by atoms with Crippen LogP contribution in [0.15, 0.2) is 47.5 Å². The smallest absolute Gasteiger partial charge is 0.250 e. The fourth-order valence-corrected chi connectivity index (χ4v) is 2.34. The summed E-state index contributed by atoms with van der Waals surface area (Å²) < 4.78 is 3.58. The second-order valence-corrected chi connectivity index (χ2v) is 4.83. The highest BCUT2D eigenvalue weighted by Crippen LogP contribution is 2.28. The van der Waals surface area contributed by atoms with Gasteiger partial charge in [-0.3, -0.25) is 4.79 Å². The van der Waals surface area contributed by atoms with Gasteiger partial charge in [0.05, 0.1) is 17.8 Å². The quantitative estimate of drug-likeness (QED) is 0.620. The van der Waals surface area contributed by atoms with Gasteiger partial charge in [0.1, 0.15) is 0 Å². The monoisotopic (exact) mass is 263 g/mol. The van der Waals surface area contributed by atoms with E-state index in [1.807, 2.05) is 35.9 Å². The molecule has 3 rings (SSSR count). The van der Waals surface area contributed by atoms with Crippen molar-refractivity contribution in [2.24, 2.45) is 7.05 Å². The molecule has 1 aromatic carbocycles. The Labute approximate surface area is 116 Å². The highest BCUT2D eigenvalue weighted by Gasteiger charge is 2.07. The minimum atomic E-state index is -0.0308. The molecule has 0 unspecified atom stereocenters. The Bertz CT molecular complexity index is 910. The van der Waals surface area contributed by atoms with Gasteiger partial charge < -0.3 is 9.13 Å². The molecule has 0 atom stereocenters. The number of nitrogens with zero attached hydrogens (tertiary/aromatic N) is 3. The van der Waals surface area contributed by atoms with Gasteiger partial charge in [0.15, 0.2) is 5.69 Å². The maximum Gasteiger partial charge on any atom is 0.250 e. The Hall–Kier alpha value is -2.80. The molecule has 0 saturated carbocycles. The normalized spacial score (nSPS) is 10.7. The van der Waals surface area contributed by atoms with E-state index in [-0.39, 0.29) is 5.56 Å². The Kier molecular flexibility index (Phi) is 2.69. The molecule has 4 nitrogen and oxygen atoms in total. The molecule has 0 amide bonds. The van der Waals surface area contributed by atoms with E-state index in [2.05, 4.69) is 4.85 Å². The zero-order valence-corrected chi connectivity index (χ0v) is 11.3. The van der Waals surface area contributed by atoms with E-state index in [0.717, 1.165) is 22.2 Å². The first-order chi connectivity index (χ1) is 9.60. The summed E-state index contributed by atoms with van der Waals surface area (Å²) in [6.07, 6.45) is 3.76. The molecule has 0 radical (unpaired) electrons. The lowest BCUT2D eigenvalue weighted by Gasteiger charge is -2.08. The van der Waals surface area contributed by atoms with E-state index in [4.69, 9.17) is 6.57 Å². The van der Waals surface area contributed by atoms with Crippen LogP contribution in [0.4, 0.5) is 5.69 Å². The van der Waals surface area contributed by atoms with Gasteiger partial charge in [0, 0.05) is 25.5 Å². The van der Waals surface area contributed by atoms with Crippen LogP contribution in [0, 0.1) is 13.5 Å². The molecule has 0 spiro atoms. The van der Waals surface area contributed by atoms with Gasteiger partial charge in [0.25, 0.3) is 0 Å². The molecule has 2 heterocycles. The van der Waals surface area contributed by atoms with E-state index in [1.54, 1.807) is 29.9 Å². The molecule has 2 aromatic heterocycles.